The molecule has 0 aliphatic carbocycles. The van der Waals surface area contributed by atoms with Crippen molar-refractivity contribution in [1.82, 2.24) is 4.90 Å². The van der Waals surface area contributed by atoms with Crippen LogP contribution < -0.4 is 0 Å². The van der Waals surface area contributed by atoms with Crippen molar-refractivity contribution in [3.05, 3.63) is 0 Å². The topological polar surface area (TPSA) is 212 Å². The standard InChI is InChI=1S/C36H67NO14S3/c1-2-3-22-30-23-17-13-9-8-11-14-18-25-33(47-52-51-50-40)36(49-54(44,45)46)34(48-53(41,42)43)26-19-15-10-6-4-5-7-12-16-20-27-35(39)37-28-21-24-31(37)32(38)29-30/h30-31,33-34,36,40H,2-29H2,1H3,(H,41,42,43)(H,44,45,46)/t30-,31-,33-,34-,36-/m0/s1. The number of Topliss-reactive ketones (excluding diaryl/α,β-unsaturated/α-hetero) is 1. The summed E-state index contributed by atoms with van der Waals surface area (Å²) in [6.45, 7) is 2.84. The zero-order chi connectivity index (χ0) is 39.7. The Morgan fingerprint density at radius 2 is 1.20 bits per heavy atom. The summed E-state index contributed by atoms with van der Waals surface area (Å²) in [7, 11) is -10.2. The van der Waals surface area contributed by atoms with Gasteiger partial charge in [0.2, 0.25) is 5.91 Å². The predicted octanol–water partition coefficient (Wildman–Crippen LogP) is 8.69. The lowest BCUT2D eigenvalue weighted by Crippen LogP contribution is -2.44. The van der Waals surface area contributed by atoms with Crippen LogP contribution >= 0.6 is 12.3 Å². The largest absolute Gasteiger partial charge is 0.397 e. The maximum atomic E-state index is 13.5. The Morgan fingerprint density at radius 1 is 0.685 bits per heavy atom. The third-order valence-corrected chi connectivity index (χ3v) is 12.0. The minimum absolute atomic E-state index is 0.0355. The number of carbonyl (C=O) groups is 2. The average molecular weight is 834 g/mol. The molecule has 3 N–H and O–H groups in total. The van der Waals surface area contributed by atoms with Crippen molar-refractivity contribution in [1.29, 1.82) is 0 Å². The molecule has 5 atom stereocenters. The Balaban J connectivity index is 2.11. The van der Waals surface area contributed by atoms with Gasteiger partial charge in [0.05, 0.1) is 6.04 Å². The molecule has 1 amide bonds. The maximum absolute atomic E-state index is 13.5. The van der Waals surface area contributed by atoms with E-state index in [2.05, 4.69) is 16.3 Å². The third kappa shape index (κ3) is 22.7. The van der Waals surface area contributed by atoms with Crippen molar-refractivity contribution in [3.8, 4) is 0 Å². The van der Waals surface area contributed by atoms with Crippen LogP contribution in [0.15, 0.2) is 0 Å². The zero-order valence-corrected chi connectivity index (χ0v) is 34.6. The van der Waals surface area contributed by atoms with Crippen LogP contribution in [0.4, 0.5) is 0 Å². The molecule has 54 heavy (non-hydrogen) atoms. The normalized spacial score (nSPS) is 27.3. The number of ketones is 1. The second-order valence-electron chi connectivity index (χ2n) is 14.9. The van der Waals surface area contributed by atoms with Gasteiger partial charge in [-0.1, -0.05) is 140 Å². The van der Waals surface area contributed by atoms with E-state index in [4.69, 9.17) is 17.8 Å². The number of unbranched alkanes of at least 4 members (excludes halogenated alkanes) is 1. The number of hydrogen-bond donors (Lipinski definition) is 3. The smallest absolute Gasteiger partial charge is 0.333 e. The van der Waals surface area contributed by atoms with Crippen LogP contribution in [0.2, 0.25) is 0 Å². The van der Waals surface area contributed by atoms with Crippen molar-refractivity contribution in [2.75, 3.05) is 6.54 Å². The third-order valence-electron chi connectivity index (χ3n) is 10.6. The molecular formula is C36H67NO14S3. The molecule has 15 nitrogen and oxygen atoms in total. The molecule has 2 heterocycles. The van der Waals surface area contributed by atoms with Crippen LogP contribution in [0.3, 0.4) is 0 Å². The highest BCUT2D eigenvalue weighted by Gasteiger charge is 2.39. The van der Waals surface area contributed by atoms with Gasteiger partial charge in [-0.3, -0.25) is 22.9 Å². The van der Waals surface area contributed by atoms with Crippen LogP contribution in [0, 0.1) is 5.92 Å². The fraction of sp³-hybridized carbons (Fsp3) is 0.944. The minimum atomic E-state index is -5.13. The number of hydrogen-bond acceptors (Lipinski definition) is 13. The van der Waals surface area contributed by atoms with Crippen LogP contribution in [-0.2, 0) is 52.3 Å². The molecule has 0 aromatic heterocycles. The van der Waals surface area contributed by atoms with Crippen LogP contribution in [-0.4, -0.2) is 78.7 Å². The Bertz CT molecular complexity index is 1240. The van der Waals surface area contributed by atoms with E-state index in [1.165, 1.54) is 0 Å². The van der Waals surface area contributed by atoms with Gasteiger partial charge in [-0.05, 0) is 38.0 Å². The first-order valence-corrected chi connectivity index (χ1v) is 23.7. The van der Waals surface area contributed by atoms with E-state index >= 15 is 0 Å². The van der Waals surface area contributed by atoms with E-state index in [1.54, 1.807) is 0 Å². The van der Waals surface area contributed by atoms with Gasteiger partial charge in [-0.15, -0.1) is 4.33 Å². The van der Waals surface area contributed by atoms with E-state index < -0.39 is 39.1 Å². The second-order valence-corrected chi connectivity index (χ2v) is 17.5. The number of carbonyl (C=O) groups excluding carboxylic acids is 2. The van der Waals surface area contributed by atoms with Crippen molar-refractivity contribution in [2.45, 2.75) is 205 Å². The lowest BCUT2D eigenvalue weighted by Gasteiger charge is -2.30. The lowest BCUT2D eigenvalue weighted by atomic mass is 9.88. The summed E-state index contributed by atoms with van der Waals surface area (Å²) in [6, 6.07) is -0.267. The van der Waals surface area contributed by atoms with Gasteiger partial charge in [-0.25, -0.2) is 13.6 Å². The van der Waals surface area contributed by atoms with Gasteiger partial charge >= 0.3 is 20.8 Å². The number of fused-ring (bicyclic) bond motifs is 1. The summed E-state index contributed by atoms with van der Waals surface area (Å²) in [5.74, 6) is 0.651. The molecule has 2 saturated heterocycles. The molecule has 2 rings (SSSR count). The molecule has 0 aromatic rings. The predicted molar refractivity (Wildman–Crippen MR) is 204 cm³/mol. The number of nitrogens with zero attached hydrogens (tertiary/aromatic N) is 1. The highest BCUT2D eigenvalue weighted by molar-refractivity contribution is 7.89. The van der Waals surface area contributed by atoms with Crippen LogP contribution in [0.25, 0.3) is 0 Å². The lowest BCUT2D eigenvalue weighted by molar-refractivity contribution is -0.434. The first kappa shape index (κ1) is 49.2. The van der Waals surface area contributed by atoms with Gasteiger partial charge in [0.15, 0.2) is 18.1 Å². The molecule has 18 heteroatoms. The Kier molecular flexibility index (Phi) is 25.9. The molecular weight excluding hydrogens is 767 g/mol. The summed E-state index contributed by atoms with van der Waals surface area (Å²) in [6.07, 6.45) is 17.2. The quantitative estimate of drug-likeness (QED) is 0.0584. The summed E-state index contributed by atoms with van der Waals surface area (Å²) < 4.78 is 86.2. The van der Waals surface area contributed by atoms with Gasteiger partial charge in [0.25, 0.3) is 0 Å². The Morgan fingerprint density at radius 3 is 1.74 bits per heavy atom. The molecule has 2 aliphatic rings. The molecule has 0 spiro atoms. The summed E-state index contributed by atoms with van der Waals surface area (Å²) in [5, 5.41) is 12.1. The highest BCUT2D eigenvalue weighted by atomic mass is 32.3. The second kappa shape index (κ2) is 28.5. The molecule has 0 radical (unpaired) electrons. The van der Waals surface area contributed by atoms with Crippen molar-refractivity contribution < 1.29 is 62.7 Å². The van der Waals surface area contributed by atoms with E-state index in [0.29, 0.717) is 51.0 Å². The Labute approximate surface area is 328 Å². The van der Waals surface area contributed by atoms with E-state index in [0.717, 1.165) is 122 Å². The minimum Gasteiger partial charge on any atom is -0.333 e. The van der Waals surface area contributed by atoms with Gasteiger partial charge in [0.1, 0.15) is 18.3 Å². The molecule has 318 valence electrons. The summed E-state index contributed by atoms with van der Waals surface area (Å²) >= 11 is 0.159. The van der Waals surface area contributed by atoms with Crippen molar-refractivity contribution >= 4 is 44.8 Å². The highest BCUT2D eigenvalue weighted by Crippen LogP contribution is 2.29. The molecule has 0 saturated carbocycles. The van der Waals surface area contributed by atoms with Gasteiger partial charge in [0, 0.05) is 19.4 Å². The first-order valence-electron chi connectivity index (χ1n) is 20.3. The van der Waals surface area contributed by atoms with Crippen molar-refractivity contribution in [2.24, 2.45) is 5.92 Å². The van der Waals surface area contributed by atoms with E-state index in [9.17, 15) is 35.5 Å². The maximum Gasteiger partial charge on any atom is 0.397 e. The molecule has 0 bridgehead atoms. The first-order chi connectivity index (χ1) is 25.8. The molecule has 2 aliphatic heterocycles. The van der Waals surface area contributed by atoms with Crippen molar-refractivity contribution in [3.63, 3.8) is 0 Å². The number of rotatable bonds is 11. The zero-order valence-electron chi connectivity index (χ0n) is 32.2. The fourth-order valence-electron chi connectivity index (χ4n) is 7.78. The van der Waals surface area contributed by atoms with E-state index in [-0.39, 0.29) is 42.9 Å². The summed E-state index contributed by atoms with van der Waals surface area (Å²) in [4.78, 5) is 28.5. The fourth-order valence-corrected chi connectivity index (χ4v) is 9.19. The number of amides is 1. The van der Waals surface area contributed by atoms with Gasteiger partial charge < -0.3 is 4.90 Å². The van der Waals surface area contributed by atoms with Gasteiger partial charge in [-0.2, -0.15) is 16.8 Å². The summed E-state index contributed by atoms with van der Waals surface area (Å²) in [5.41, 5.74) is 0. The average Bonchev–Trinajstić information content (AvgIpc) is 3.61. The molecule has 0 aromatic carbocycles. The van der Waals surface area contributed by atoms with E-state index in [1.807, 2.05) is 4.90 Å². The Hall–Kier alpha value is -0.930. The van der Waals surface area contributed by atoms with Crippen LogP contribution in [0.1, 0.15) is 180 Å². The SMILES string of the molecule is CCCC[C@H]1CCCCCCCCC[C@H](OSOOO)[C@H](OS(=O)(=O)O)[C@@H](OS(=O)(=O)O)CCCCCCCCCCCCC(=O)N2CCC[C@H]2C(=O)C1. The van der Waals surface area contributed by atoms with Crippen LogP contribution in [0.5, 0.6) is 0 Å². The molecule has 2 fully saturated rings. The monoisotopic (exact) mass is 833 g/mol. The molecule has 0 unspecified atom stereocenters.